The number of aromatic nitrogens is 1. The van der Waals surface area contributed by atoms with Crippen LogP contribution in [0, 0.1) is 6.92 Å². The Morgan fingerprint density at radius 3 is 2.42 bits per heavy atom. The van der Waals surface area contributed by atoms with Crippen molar-refractivity contribution in [1.29, 1.82) is 0 Å². The van der Waals surface area contributed by atoms with Gasteiger partial charge < -0.3 is 5.11 Å². The molecule has 0 saturated heterocycles. The molecule has 1 heterocycles. The van der Waals surface area contributed by atoms with E-state index in [9.17, 15) is 5.11 Å². The van der Waals surface area contributed by atoms with Gasteiger partial charge in [0.1, 0.15) is 5.01 Å². The lowest BCUT2D eigenvalue weighted by Gasteiger charge is -2.40. The third kappa shape index (κ3) is 2.01. The van der Waals surface area contributed by atoms with E-state index in [4.69, 9.17) is 4.98 Å². The Hall–Kier alpha value is -1.19. The highest BCUT2D eigenvalue weighted by Gasteiger charge is 2.43. The van der Waals surface area contributed by atoms with Gasteiger partial charge in [-0.2, -0.15) is 0 Å². The maximum atomic E-state index is 9.82. The van der Waals surface area contributed by atoms with Crippen LogP contribution in [-0.4, -0.2) is 10.1 Å². The summed E-state index contributed by atoms with van der Waals surface area (Å²) in [6, 6.07) is 10.7. The van der Waals surface area contributed by atoms with Crippen LogP contribution >= 0.6 is 11.3 Å². The van der Waals surface area contributed by atoms with E-state index in [1.54, 1.807) is 11.3 Å². The predicted octanol–water partition coefficient (Wildman–Crippen LogP) is 3.97. The van der Waals surface area contributed by atoms with Crippen molar-refractivity contribution in [3.8, 4) is 0 Å². The number of nitrogens with zero attached hydrogens (tertiary/aromatic N) is 1. The van der Waals surface area contributed by atoms with Gasteiger partial charge in [-0.3, -0.25) is 0 Å². The first-order chi connectivity index (χ1) is 9.13. The van der Waals surface area contributed by atoms with Crippen molar-refractivity contribution >= 4 is 11.3 Å². The molecule has 3 heteroatoms. The van der Waals surface area contributed by atoms with Gasteiger partial charge in [-0.25, -0.2) is 4.98 Å². The molecule has 1 atom stereocenters. The van der Waals surface area contributed by atoms with Gasteiger partial charge in [-0.15, -0.1) is 11.3 Å². The number of benzene rings is 1. The van der Waals surface area contributed by atoms with E-state index in [1.807, 2.05) is 13.8 Å². The highest BCUT2D eigenvalue weighted by molar-refractivity contribution is 7.12. The highest BCUT2D eigenvalue weighted by Crippen LogP contribution is 2.50. The van der Waals surface area contributed by atoms with E-state index in [2.05, 4.69) is 30.3 Å². The molecule has 3 rings (SSSR count). The van der Waals surface area contributed by atoms with Gasteiger partial charge in [0, 0.05) is 5.41 Å². The molecule has 1 aromatic heterocycles. The summed E-state index contributed by atoms with van der Waals surface area (Å²) in [7, 11) is 0. The maximum absolute atomic E-state index is 9.82. The molecule has 19 heavy (non-hydrogen) atoms. The van der Waals surface area contributed by atoms with Crippen LogP contribution < -0.4 is 0 Å². The molecule has 1 unspecified atom stereocenters. The highest BCUT2D eigenvalue weighted by atomic mass is 32.1. The van der Waals surface area contributed by atoms with Crippen LogP contribution in [0.1, 0.15) is 53.4 Å². The first-order valence-electron chi connectivity index (χ1n) is 6.85. The van der Waals surface area contributed by atoms with Gasteiger partial charge in [-0.05, 0) is 32.3 Å². The quantitative estimate of drug-likeness (QED) is 0.917. The van der Waals surface area contributed by atoms with Crippen LogP contribution in [0.2, 0.25) is 0 Å². The molecule has 1 aromatic carbocycles. The second kappa shape index (κ2) is 4.73. The average Bonchev–Trinajstić information content (AvgIpc) is 2.72. The summed E-state index contributed by atoms with van der Waals surface area (Å²) in [6.07, 6.45) is 3.18. The van der Waals surface area contributed by atoms with E-state index in [0.717, 1.165) is 10.6 Å². The Morgan fingerprint density at radius 2 is 1.95 bits per heavy atom. The number of thiazole rings is 1. The lowest BCUT2D eigenvalue weighted by Crippen LogP contribution is -2.35. The summed E-state index contributed by atoms with van der Waals surface area (Å²) in [5.74, 6) is 0. The van der Waals surface area contributed by atoms with Crippen molar-refractivity contribution in [2.75, 3.05) is 0 Å². The summed E-state index contributed by atoms with van der Waals surface area (Å²) in [5, 5.41) is 11.0. The summed E-state index contributed by atoms with van der Waals surface area (Å²) in [5.41, 5.74) is 2.45. The van der Waals surface area contributed by atoms with Crippen LogP contribution in [0.3, 0.4) is 0 Å². The van der Waals surface area contributed by atoms with E-state index in [1.165, 1.54) is 29.8 Å². The number of hydrogen-bond acceptors (Lipinski definition) is 3. The van der Waals surface area contributed by atoms with Crippen molar-refractivity contribution < 1.29 is 5.11 Å². The van der Waals surface area contributed by atoms with Gasteiger partial charge in [0.25, 0.3) is 0 Å². The molecule has 1 saturated carbocycles. The lowest BCUT2D eigenvalue weighted by molar-refractivity contribution is 0.202. The van der Waals surface area contributed by atoms with Crippen LogP contribution in [0.15, 0.2) is 30.3 Å². The minimum atomic E-state index is -0.417. The molecule has 0 aliphatic heterocycles. The summed E-state index contributed by atoms with van der Waals surface area (Å²) < 4.78 is 0. The Morgan fingerprint density at radius 1 is 1.26 bits per heavy atom. The first kappa shape index (κ1) is 12.8. The van der Waals surface area contributed by atoms with Crippen LogP contribution in [-0.2, 0) is 5.41 Å². The Labute approximate surface area is 118 Å². The fourth-order valence-electron chi connectivity index (χ4n) is 2.91. The largest absolute Gasteiger partial charge is 0.388 e. The molecule has 0 radical (unpaired) electrons. The average molecular weight is 273 g/mol. The topological polar surface area (TPSA) is 33.1 Å². The minimum absolute atomic E-state index is 0.101. The zero-order chi connectivity index (χ0) is 13.5. The number of aliphatic hydroxyl groups is 1. The van der Waals surface area contributed by atoms with Gasteiger partial charge in [0.15, 0.2) is 0 Å². The van der Waals surface area contributed by atoms with Crippen molar-refractivity contribution in [2.45, 2.75) is 44.6 Å². The van der Waals surface area contributed by atoms with Crippen LogP contribution in [0.5, 0.6) is 0 Å². The number of aryl methyl sites for hydroxylation is 1. The molecule has 1 N–H and O–H groups in total. The standard InChI is InChI=1S/C16H19NOS/c1-11-14(12(2)18)19-15(17-11)16(9-6-10-16)13-7-4-3-5-8-13/h3-5,7-8,12,18H,6,9-10H2,1-2H3. The van der Waals surface area contributed by atoms with E-state index >= 15 is 0 Å². The van der Waals surface area contributed by atoms with Crippen LogP contribution in [0.4, 0.5) is 0 Å². The van der Waals surface area contributed by atoms with Gasteiger partial charge in [0.2, 0.25) is 0 Å². The maximum Gasteiger partial charge on any atom is 0.104 e. The molecule has 0 spiro atoms. The van der Waals surface area contributed by atoms with E-state index in [0.29, 0.717) is 0 Å². The van der Waals surface area contributed by atoms with E-state index < -0.39 is 6.10 Å². The van der Waals surface area contributed by atoms with Crippen molar-refractivity contribution in [3.05, 3.63) is 51.5 Å². The van der Waals surface area contributed by atoms with Gasteiger partial charge >= 0.3 is 0 Å². The zero-order valence-electron chi connectivity index (χ0n) is 11.4. The fraction of sp³-hybridized carbons (Fsp3) is 0.438. The molecule has 2 nitrogen and oxygen atoms in total. The summed E-state index contributed by atoms with van der Waals surface area (Å²) in [6.45, 7) is 3.82. The monoisotopic (exact) mass is 273 g/mol. The van der Waals surface area contributed by atoms with E-state index in [-0.39, 0.29) is 5.41 Å². The second-order valence-electron chi connectivity index (χ2n) is 5.45. The number of rotatable bonds is 3. The second-order valence-corrected chi connectivity index (χ2v) is 6.48. The smallest absolute Gasteiger partial charge is 0.104 e. The zero-order valence-corrected chi connectivity index (χ0v) is 12.2. The van der Waals surface area contributed by atoms with Gasteiger partial charge in [0.05, 0.1) is 16.7 Å². The Kier molecular flexibility index (Phi) is 3.19. The predicted molar refractivity (Wildman–Crippen MR) is 78.6 cm³/mol. The Balaban J connectivity index is 2.06. The lowest BCUT2D eigenvalue weighted by atomic mass is 9.65. The number of hydrogen-bond donors (Lipinski definition) is 1. The third-order valence-electron chi connectivity index (χ3n) is 4.15. The molecule has 2 aromatic rings. The molecule has 1 aliphatic rings. The third-order valence-corrected chi connectivity index (χ3v) is 5.69. The first-order valence-corrected chi connectivity index (χ1v) is 7.66. The van der Waals surface area contributed by atoms with Crippen molar-refractivity contribution in [2.24, 2.45) is 0 Å². The minimum Gasteiger partial charge on any atom is -0.388 e. The molecule has 0 bridgehead atoms. The van der Waals surface area contributed by atoms with Crippen LogP contribution in [0.25, 0.3) is 0 Å². The fourth-order valence-corrected chi connectivity index (χ4v) is 4.19. The molecule has 1 aliphatic carbocycles. The normalized spacial score (nSPS) is 18.9. The Bertz CT molecular complexity index is 570. The molecular formula is C16H19NOS. The summed E-state index contributed by atoms with van der Waals surface area (Å²) in [4.78, 5) is 5.77. The number of aliphatic hydroxyl groups excluding tert-OH is 1. The van der Waals surface area contributed by atoms with Crippen molar-refractivity contribution in [1.82, 2.24) is 4.98 Å². The summed E-state index contributed by atoms with van der Waals surface area (Å²) >= 11 is 1.68. The SMILES string of the molecule is Cc1nc(C2(c3ccccc3)CCC2)sc1C(C)O. The molecule has 100 valence electrons. The molecule has 0 amide bonds. The van der Waals surface area contributed by atoms with Crippen molar-refractivity contribution in [3.63, 3.8) is 0 Å². The molecular weight excluding hydrogens is 254 g/mol. The van der Waals surface area contributed by atoms with Gasteiger partial charge in [-0.1, -0.05) is 36.8 Å². The molecule has 1 fully saturated rings.